The number of nitrogens with zero attached hydrogens (tertiary/aromatic N) is 2. The maximum absolute atomic E-state index is 5.89. The first-order valence-corrected chi connectivity index (χ1v) is 4.61. The molecule has 72 valence electrons. The average Bonchev–Trinajstić information content (AvgIpc) is 2.23. The zero-order valence-electron chi connectivity index (χ0n) is 7.88. The van der Waals surface area contributed by atoms with E-state index in [9.17, 15) is 0 Å². The van der Waals surface area contributed by atoms with Crippen LogP contribution in [0.1, 0.15) is 5.56 Å². The molecule has 2 heterocycles. The molecule has 0 radical (unpaired) electrons. The lowest BCUT2D eigenvalue weighted by atomic mass is 10.2. The van der Waals surface area contributed by atoms with Crippen LogP contribution in [0.15, 0.2) is 49.0 Å². The molecular weight excluding hydrogens is 174 g/mol. The Hall–Kier alpha value is -1.61. The van der Waals surface area contributed by atoms with Crippen molar-refractivity contribution in [3.63, 3.8) is 0 Å². The number of allylic oxidation sites excluding steroid dienone is 2. The van der Waals surface area contributed by atoms with Crippen molar-refractivity contribution >= 4 is 0 Å². The predicted molar refractivity (Wildman–Crippen MR) is 56.0 cm³/mol. The minimum absolute atomic E-state index is 0.0276. The Labute approximate surface area is 83.6 Å². The molecule has 1 aliphatic heterocycles. The summed E-state index contributed by atoms with van der Waals surface area (Å²) in [5.74, 6) is 0. The van der Waals surface area contributed by atoms with Crippen molar-refractivity contribution < 1.29 is 0 Å². The van der Waals surface area contributed by atoms with Gasteiger partial charge in [-0.05, 0) is 23.8 Å². The first kappa shape index (κ1) is 8.97. The van der Waals surface area contributed by atoms with E-state index in [0.717, 1.165) is 6.54 Å². The molecule has 1 atom stereocenters. The summed E-state index contributed by atoms with van der Waals surface area (Å²) >= 11 is 0. The molecule has 0 fully saturated rings. The van der Waals surface area contributed by atoms with Crippen molar-refractivity contribution in [1.82, 2.24) is 9.88 Å². The summed E-state index contributed by atoms with van der Waals surface area (Å²) < 4.78 is 0. The summed E-state index contributed by atoms with van der Waals surface area (Å²) in [6.07, 6.45) is 11.5. The molecule has 0 aromatic carbocycles. The molecule has 0 bridgehead atoms. The van der Waals surface area contributed by atoms with Crippen LogP contribution in [-0.4, -0.2) is 16.0 Å². The average molecular weight is 187 g/mol. The van der Waals surface area contributed by atoms with Crippen LogP contribution in [0.25, 0.3) is 0 Å². The number of pyridine rings is 1. The zero-order valence-corrected chi connectivity index (χ0v) is 7.88. The van der Waals surface area contributed by atoms with Gasteiger partial charge < -0.3 is 10.6 Å². The van der Waals surface area contributed by atoms with Crippen molar-refractivity contribution in [3.05, 3.63) is 54.5 Å². The normalized spacial score (nSPS) is 20.1. The lowest BCUT2D eigenvalue weighted by Crippen LogP contribution is -2.37. The van der Waals surface area contributed by atoms with Gasteiger partial charge in [0.15, 0.2) is 0 Å². The molecular formula is C11H13N3. The van der Waals surface area contributed by atoms with Crippen molar-refractivity contribution in [2.24, 2.45) is 5.73 Å². The molecule has 1 aromatic rings. The Balaban J connectivity index is 2.05. The maximum atomic E-state index is 5.89. The van der Waals surface area contributed by atoms with E-state index in [1.807, 2.05) is 42.8 Å². The number of rotatable bonds is 2. The highest BCUT2D eigenvalue weighted by Gasteiger charge is 2.09. The van der Waals surface area contributed by atoms with Gasteiger partial charge in [-0.1, -0.05) is 12.1 Å². The Morgan fingerprint density at radius 2 is 2.36 bits per heavy atom. The molecule has 1 aliphatic rings. The molecule has 0 amide bonds. The van der Waals surface area contributed by atoms with Gasteiger partial charge in [0, 0.05) is 25.1 Å². The Morgan fingerprint density at radius 1 is 1.43 bits per heavy atom. The summed E-state index contributed by atoms with van der Waals surface area (Å²) in [5.41, 5.74) is 7.06. The molecule has 3 nitrogen and oxygen atoms in total. The molecule has 0 saturated carbocycles. The first-order valence-electron chi connectivity index (χ1n) is 4.61. The van der Waals surface area contributed by atoms with Crippen LogP contribution in [0, 0.1) is 0 Å². The van der Waals surface area contributed by atoms with Crippen molar-refractivity contribution in [3.8, 4) is 0 Å². The highest BCUT2D eigenvalue weighted by molar-refractivity contribution is 5.15. The number of aromatic nitrogens is 1. The Bertz CT molecular complexity index is 343. The van der Waals surface area contributed by atoms with E-state index in [0.29, 0.717) is 0 Å². The van der Waals surface area contributed by atoms with Crippen LogP contribution in [0.5, 0.6) is 0 Å². The van der Waals surface area contributed by atoms with Gasteiger partial charge in [-0.25, -0.2) is 0 Å². The standard InChI is InChI=1S/C11H13N3/c12-11-5-1-2-7-14(11)9-10-4-3-6-13-8-10/h1-8,11H,9,12H2. The summed E-state index contributed by atoms with van der Waals surface area (Å²) in [5, 5.41) is 0. The molecule has 2 rings (SSSR count). The number of hydrogen-bond donors (Lipinski definition) is 1. The molecule has 0 saturated heterocycles. The molecule has 14 heavy (non-hydrogen) atoms. The van der Waals surface area contributed by atoms with Gasteiger partial charge in [0.25, 0.3) is 0 Å². The van der Waals surface area contributed by atoms with Gasteiger partial charge in [-0.3, -0.25) is 4.98 Å². The quantitative estimate of drug-likeness (QED) is 0.757. The highest BCUT2D eigenvalue weighted by Crippen LogP contribution is 2.09. The predicted octanol–water partition coefficient (Wildman–Crippen LogP) is 1.25. The molecule has 1 aromatic heterocycles. The number of nitrogens with two attached hydrogens (primary N) is 1. The second-order valence-corrected chi connectivity index (χ2v) is 3.25. The van der Waals surface area contributed by atoms with E-state index >= 15 is 0 Å². The van der Waals surface area contributed by atoms with Crippen LogP contribution < -0.4 is 5.73 Å². The van der Waals surface area contributed by atoms with E-state index in [4.69, 9.17) is 5.73 Å². The summed E-state index contributed by atoms with van der Waals surface area (Å²) in [4.78, 5) is 6.13. The van der Waals surface area contributed by atoms with Crippen LogP contribution in [-0.2, 0) is 6.54 Å². The topological polar surface area (TPSA) is 42.1 Å². The monoisotopic (exact) mass is 187 g/mol. The van der Waals surface area contributed by atoms with E-state index in [1.165, 1.54) is 5.56 Å². The second kappa shape index (κ2) is 4.07. The summed E-state index contributed by atoms with van der Waals surface area (Å²) in [6, 6.07) is 3.98. The van der Waals surface area contributed by atoms with E-state index in [-0.39, 0.29) is 6.17 Å². The Morgan fingerprint density at radius 3 is 3.07 bits per heavy atom. The minimum Gasteiger partial charge on any atom is -0.355 e. The third-order valence-corrected chi connectivity index (χ3v) is 2.17. The maximum Gasteiger partial charge on any atom is 0.0963 e. The van der Waals surface area contributed by atoms with Crippen molar-refractivity contribution in [1.29, 1.82) is 0 Å². The van der Waals surface area contributed by atoms with E-state index < -0.39 is 0 Å². The minimum atomic E-state index is -0.0276. The fraction of sp³-hybridized carbons (Fsp3) is 0.182. The largest absolute Gasteiger partial charge is 0.355 e. The second-order valence-electron chi connectivity index (χ2n) is 3.25. The lowest BCUT2D eigenvalue weighted by molar-refractivity contribution is 0.313. The smallest absolute Gasteiger partial charge is 0.0963 e. The van der Waals surface area contributed by atoms with Crippen LogP contribution in [0.2, 0.25) is 0 Å². The zero-order chi connectivity index (χ0) is 9.80. The fourth-order valence-electron chi connectivity index (χ4n) is 1.41. The van der Waals surface area contributed by atoms with Crippen molar-refractivity contribution in [2.75, 3.05) is 0 Å². The molecule has 1 unspecified atom stereocenters. The fourth-order valence-corrected chi connectivity index (χ4v) is 1.41. The van der Waals surface area contributed by atoms with Crippen LogP contribution >= 0.6 is 0 Å². The van der Waals surface area contributed by atoms with Crippen LogP contribution in [0.3, 0.4) is 0 Å². The molecule has 0 spiro atoms. The van der Waals surface area contributed by atoms with Gasteiger partial charge in [0.05, 0.1) is 6.17 Å². The van der Waals surface area contributed by atoms with Crippen LogP contribution in [0.4, 0.5) is 0 Å². The third-order valence-electron chi connectivity index (χ3n) is 2.17. The molecule has 2 N–H and O–H groups in total. The summed E-state index contributed by atoms with van der Waals surface area (Å²) in [6.45, 7) is 0.801. The van der Waals surface area contributed by atoms with Gasteiger partial charge in [0.1, 0.15) is 0 Å². The lowest BCUT2D eigenvalue weighted by Gasteiger charge is -2.27. The first-order chi connectivity index (χ1) is 6.86. The Kier molecular flexibility index (Phi) is 2.60. The summed E-state index contributed by atoms with van der Waals surface area (Å²) in [7, 11) is 0. The van der Waals surface area contributed by atoms with Gasteiger partial charge in [0.2, 0.25) is 0 Å². The highest BCUT2D eigenvalue weighted by atomic mass is 15.2. The van der Waals surface area contributed by atoms with Gasteiger partial charge in [-0.2, -0.15) is 0 Å². The number of hydrogen-bond acceptors (Lipinski definition) is 3. The van der Waals surface area contributed by atoms with E-state index in [2.05, 4.69) is 9.88 Å². The van der Waals surface area contributed by atoms with E-state index in [1.54, 1.807) is 6.20 Å². The third kappa shape index (κ3) is 2.00. The van der Waals surface area contributed by atoms with Gasteiger partial charge >= 0.3 is 0 Å². The molecule has 0 aliphatic carbocycles. The molecule has 3 heteroatoms. The SMILES string of the molecule is NC1C=CC=CN1Cc1cccnc1. The van der Waals surface area contributed by atoms with Gasteiger partial charge in [-0.15, -0.1) is 0 Å². The van der Waals surface area contributed by atoms with Crippen molar-refractivity contribution in [2.45, 2.75) is 12.7 Å².